The van der Waals surface area contributed by atoms with Gasteiger partial charge in [-0.15, -0.1) is 0 Å². The second-order valence-electron chi connectivity index (χ2n) is 5.47. The van der Waals surface area contributed by atoms with Crippen LogP contribution in [-0.2, 0) is 11.2 Å². The minimum absolute atomic E-state index is 0.0617. The molecule has 1 fully saturated rings. The molecule has 2 rings (SSSR count). The number of carbonyl (C=O) groups is 1. The summed E-state index contributed by atoms with van der Waals surface area (Å²) in [5.41, 5.74) is 0.815. The van der Waals surface area contributed by atoms with Crippen LogP contribution in [0.1, 0.15) is 12.5 Å². The molecule has 0 aliphatic carbocycles. The Hall–Kier alpha value is -1.46. The minimum atomic E-state index is -0.395. The van der Waals surface area contributed by atoms with E-state index in [0.717, 1.165) is 12.1 Å². The van der Waals surface area contributed by atoms with Crippen LogP contribution in [0.2, 0.25) is 0 Å². The van der Waals surface area contributed by atoms with Crippen LogP contribution in [0, 0.1) is 17.7 Å². The molecule has 0 bridgehead atoms. The summed E-state index contributed by atoms with van der Waals surface area (Å²) in [5.74, 6) is -0.493. The van der Waals surface area contributed by atoms with Gasteiger partial charge in [-0.25, -0.2) is 4.39 Å². The Kier molecular flexibility index (Phi) is 5.09. The highest BCUT2D eigenvalue weighted by molar-refractivity contribution is 5.78. The quantitative estimate of drug-likeness (QED) is 0.744. The fraction of sp³-hybridized carbons (Fsp3) is 0.533. The summed E-state index contributed by atoms with van der Waals surface area (Å²) in [6.07, 6.45) is 0.114. The van der Waals surface area contributed by atoms with Crippen LogP contribution in [0.5, 0.6) is 0 Å². The first-order valence-electron chi connectivity index (χ1n) is 6.97. The van der Waals surface area contributed by atoms with E-state index in [-0.39, 0.29) is 23.6 Å². The number of rotatable bonds is 5. The van der Waals surface area contributed by atoms with Crippen LogP contribution in [0.25, 0.3) is 0 Å². The molecule has 0 aromatic heterocycles. The molecule has 20 heavy (non-hydrogen) atoms. The maximum absolute atomic E-state index is 13.1. The number of benzene rings is 1. The third-order valence-corrected chi connectivity index (χ3v) is 3.72. The van der Waals surface area contributed by atoms with Gasteiger partial charge in [0, 0.05) is 31.5 Å². The van der Waals surface area contributed by atoms with E-state index in [1.54, 1.807) is 6.07 Å². The fourth-order valence-corrected chi connectivity index (χ4v) is 2.44. The maximum Gasteiger partial charge on any atom is 0.223 e. The van der Waals surface area contributed by atoms with Gasteiger partial charge in [0.05, 0.1) is 6.10 Å². The second kappa shape index (κ2) is 6.81. The predicted molar refractivity (Wildman–Crippen MR) is 74.6 cm³/mol. The summed E-state index contributed by atoms with van der Waals surface area (Å²) in [7, 11) is 0. The van der Waals surface area contributed by atoms with Crippen LogP contribution in [0.4, 0.5) is 4.39 Å². The molecule has 110 valence electrons. The van der Waals surface area contributed by atoms with Crippen molar-refractivity contribution in [3.8, 4) is 0 Å². The highest BCUT2D eigenvalue weighted by atomic mass is 19.1. The summed E-state index contributed by atoms with van der Waals surface area (Å²) in [4.78, 5) is 12.0. The molecule has 5 heteroatoms. The molecule has 1 aromatic carbocycles. The Morgan fingerprint density at radius 3 is 3.00 bits per heavy atom. The van der Waals surface area contributed by atoms with Gasteiger partial charge in [-0.2, -0.15) is 0 Å². The Morgan fingerprint density at radius 2 is 2.35 bits per heavy atom. The molecular formula is C15H21FN2O2. The molecule has 1 aliphatic rings. The van der Waals surface area contributed by atoms with Gasteiger partial charge in [0.25, 0.3) is 0 Å². The van der Waals surface area contributed by atoms with Crippen molar-refractivity contribution in [2.24, 2.45) is 11.8 Å². The summed E-state index contributed by atoms with van der Waals surface area (Å²) in [6, 6.07) is 6.31. The molecule has 3 unspecified atom stereocenters. The standard InChI is InChI=1S/C15H21FN2O2/c1-10(5-11-3-2-4-13(16)6-11)15(20)18-8-12-7-17-9-14(12)19/h2-4,6,10,12,14,17,19H,5,7-9H2,1H3,(H,18,20). The maximum atomic E-state index is 13.1. The zero-order valence-electron chi connectivity index (χ0n) is 11.6. The lowest BCUT2D eigenvalue weighted by atomic mass is 9.99. The van der Waals surface area contributed by atoms with Crippen LogP contribution in [-0.4, -0.2) is 36.8 Å². The average molecular weight is 280 g/mol. The van der Waals surface area contributed by atoms with E-state index in [1.807, 2.05) is 13.0 Å². The molecule has 1 saturated heterocycles. The molecule has 3 N–H and O–H groups in total. The number of halogens is 1. The molecule has 0 saturated carbocycles. The number of hydrogen-bond acceptors (Lipinski definition) is 3. The van der Waals surface area contributed by atoms with Crippen molar-refractivity contribution in [3.05, 3.63) is 35.6 Å². The first kappa shape index (κ1) is 14.9. The molecule has 4 nitrogen and oxygen atoms in total. The number of hydrogen-bond donors (Lipinski definition) is 3. The van der Waals surface area contributed by atoms with E-state index >= 15 is 0 Å². The molecule has 1 aliphatic heterocycles. The van der Waals surface area contributed by atoms with Crippen molar-refractivity contribution in [2.75, 3.05) is 19.6 Å². The molecular weight excluding hydrogens is 259 g/mol. The highest BCUT2D eigenvalue weighted by Crippen LogP contribution is 2.11. The molecule has 3 atom stereocenters. The van der Waals surface area contributed by atoms with Crippen LogP contribution < -0.4 is 10.6 Å². The average Bonchev–Trinajstić information content (AvgIpc) is 2.81. The smallest absolute Gasteiger partial charge is 0.223 e. The van der Waals surface area contributed by atoms with Crippen molar-refractivity contribution >= 4 is 5.91 Å². The van der Waals surface area contributed by atoms with E-state index in [0.29, 0.717) is 19.5 Å². The number of carbonyl (C=O) groups excluding carboxylic acids is 1. The van der Waals surface area contributed by atoms with Gasteiger partial charge < -0.3 is 15.7 Å². The van der Waals surface area contributed by atoms with Crippen LogP contribution in [0.3, 0.4) is 0 Å². The first-order chi connectivity index (χ1) is 9.56. The summed E-state index contributed by atoms with van der Waals surface area (Å²) >= 11 is 0. The zero-order valence-corrected chi connectivity index (χ0v) is 11.6. The van der Waals surface area contributed by atoms with E-state index in [9.17, 15) is 14.3 Å². The van der Waals surface area contributed by atoms with Gasteiger partial charge in [-0.1, -0.05) is 19.1 Å². The van der Waals surface area contributed by atoms with E-state index < -0.39 is 6.10 Å². The molecule has 0 spiro atoms. The number of amides is 1. The minimum Gasteiger partial charge on any atom is -0.391 e. The Balaban J connectivity index is 1.80. The normalized spacial score (nSPS) is 23.6. The van der Waals surface area contributed by atoms with Crippen molar-refractivity contribution in [2.45, 2.75) is 19.4 Å². The topological polar surface area (TPSA) is 61.4 Å². The van der Waals surface area contributed by atoms with Gasteiger partial charge in [0.15, 0.2) is 0 Å². The second-order valence-corrected chi connectivity index (χ2v) is 5.47. The van der Waals surface area contributed by atoms with Crippen molar-refractivity contribution in [3.63, 3.8) is 0 Å². The molecule has 0 radical (unpaired) electrons. The van der Waals surface area contributed by atoms with Gasteiger partial charge in [-0.3, -0.25) is 4.79 Å². The Bertz CT molecular complexity index is 467. The van der Waals surface area contributed by atoms with Crippen molar-refractivity contribution in [1.29, 1.82) is 0 Å². The van der Waals surface area contributed by atoms with E-state index in [1.165, 1.54) is 12.1 Å². The zero-order chi connectivity index (χ0) is 14.5. The van der Waals surface area contributed by atoms with Gasteiger partial charge in [-0.05, 0) is 24.1 Å². The third kappa shape index (κ3) is 4.02. The third-order valence-electron chi connectivity index (χ3n) is 3.72. The number of β-amino-alcohol motifs (C(OH)–C–C–N with tert-alkyl or cyclic N) is 1. The number of aliphatic hydroxyl groups excluding tert-OH is 1. The van der Waals surface area contributed by atoms with Gasteiger partial charge >= 0.3 is 0 Å². The molecule has 1 amide bonds. The van der Waals surface area contributed by atoms with Gasteiger partial charge in [0.1, 0.15) is 5.82 Å². The number of aliphatic hydroxyl groups is 1. The summed E-state index contributed by atoms with van der Waals surface area (Å²) in [5, 5.41) is 15.6. The van der Waals surface area contributed by atoms with E-state index in [2.05, 4.69) is 10.6 Å². The summed E-state index contributed by atoms with van der Waals surface area (Å²) in [6.45, 7) is 3.60. The molecule has 1 heterocycles. The number of nitrogens with one attached hydrogen (secondary N) is 2. The monoisotopic (exact) mass is 280 g/mol. The summed E-state index contributed by atoms with van der Waals surface area (Å²) < 4.78 is 13.1. The van der Waals surface area contributed by atoms with Gasteiger partial charge in [0.2, 0.25) is 5.91 Å². The first-order valence-corrected chi connectivity index (χ1v) is 6.97. The SMILES string of the molecule is CC(Cc1cccc(F)c1)C(=O)NCC1CNCC1O. The lowest BCUT2D eigenvalue weighted by molar-refractivity contribution is -0.124. The predicted octanol–water partition coefficient (Wildman–Crippen LogP) is 0.701. The van der Waals surface area contributed by atoms with Crippen LogP contribution >= 0.6 is 0 Å². The Labute approximate surface area is 118 Å². The van der Waals surface area contributed by atoms with Crippen molar-refractivity contribution < 1.29 is 14.3 Å². The lowest BCUT2D eigenvalue weighted by Gasteiger charge is -2.17. The largest absolute Gasteiger partial charge is 0.391 e. The van der Waals surface area contributed by atoms with E-state index in [4.69, 9.17) is 0 Å². The van der Waals surface area contributed by atoms with Crippen molar-refractivity contribution in [1.82, 2.24) is 10.6 Å². The Morgan fingerprint density at radius 1 is 1.55 bits per heavy atom. The van der Waals surface area contributed by atoms with Crippen LogP contribution in [0.15, 0.2) is 24.3 Å². The molecule has 1 aromatic rings. The highest BCUT2D eigenvalue weighted by Gasteiger charge is 2.25. The fourth-order valence-electron chi connectivity index (χ4n) is 2.44. The lowest BCUT2D eigenvalue weighted by Crippen LogP contribution is -2.37.